The van der Waals surface area contributed by atoms with Crippen LogP contribution in [0.25, 0.3) is 0 Å². The first-order chi connectivity index (χ1) is 9.10. The Kier molecular flexibility index (Phi) is 4.16. The molecule has 2 rings (SSSR count). The van der Waals surface area contributed by atoms with Crippen molar-refractivity contribution in [2.24, 2.45) is 5.73 Å². The Morgan fingerprint density at radius 2 is 2.47 bits per heavy atom. The first-order valence-electron chi connectivity index (χ1n) is 5.95. The predicted molar refractivity (Wildman–Crippen MR) is 76.3 cm³/mol. The summed E-state index contributed by atoms with van der Waals surface area (Å²) in [5.74, 6) is 0. The molecule has 0 radical (unpaired) electrons. The molecule has 0 aromatic carbocycles. The van der Waals surface area contributed by atoms with Gasteiger partial charge in [0.1, 0.15) is 4.99 Å². The number of aromatic nitrogens is 1. The number of nitrogens with two attached hydrogens (primary N) is 1. The van der Waals surface area contributed by atoms with Crippen LogP contribution in [0.1, 0.15) is 12.1 Å². The lowest BCUT2D eigenvalue weighted by Gasteiger charge is -2.19. The van der Waals surface area contributed by atoms with Gasteiger partial charge in [0.15, 0.2) is 0 Å². The van der Waals surface area contributed by atoms with E-state index in [2.05, 4.69) is 19.9 Å². The number of ether oxygens (including phenoxy) is 1. The van der Waals surface area contributed by atoms with Gasteiger partial charge in [-0.3, -0.25) is 4.98 Å². The van der Waals surface area contributed by atoms with Crippen LogP contribution in [-0.2, 0) is 4.74 Å². The summed E-state index contributed by atoms with van der Waals surface area (Å²) >= 11 is 4.92. The van der Waals surface area contributed by atoms with E-state index in [9.17, 15) is 4.79 Å². The number of alkyl carbamates (subject to hydrolysis) is 1. The molecule has 1 unspecified atom stereocenters. The lowest BCUT2D eigenvalue weighted by molar-refractivity contribution is 0.167. The van der Waals surface area contributed by atoms with Crippen LogP contribution < -0.4 is 16.0 Å². The number of nitrogens with zero attached hydrogens (tertiary/aromatic N) is 2. The molecule has 1 aromatic rings. The van der Waals surface area contributed by atoms with E-state index in [0.717, 1.165) is 25.2 Å². The predicted octanol–water partition coefficient (Wildman–Crippen LogP) is 0.650. The molecule has 102 valence electrons. The van der Waals surface area contributed by atoms with Gasteiger partial charge in [-0.2, -0.15) is 0 Å². The third kappa shape index (κ3) is 3.31. The van der Waals surface area contributed by atoms with Crippen molar-refractivity contribution in [1.82, 2.24) is 10.3 Å². The highest BCUT2D eigenvalue weighted by molar-refractivity contribution is 7.80. The summed E-state index contributed by atoms with van der Waals surface area (Å²) < 4.78 is 4.59. The zero-order valence-corrected chi connectivity index (χ0v) is 11.4. The Hall–Kier alpha value is -1.89. The van der Waals surface area contributed by atoms with Gasteiger partial charge < -0.3 is 20.7 Å². The molecule has 1 fully saturated rings. The second-order valence-corrected chi connectivity index (χ2v) is 4.77. The Balaban J connectivity index is 2.02. The zero-order chi connectivity index (χ0) is 13.8. The summed E-state index contributed by atoms with van der Waals surface area (Å²) in [6.07, 6.45) is 2.16. The average molecular weight is 280 g/mol. The number of pyridine rings is 1. The summed E-state index contributed by atoms with van der Waals surface area (Å²) in [4.78, 5) is 17.7. The zero-order valence-electron chi connectivity index (χ0n) is 10.6. The van der Waals surface area contributed by atoms with E-state index in [1.54, 1.807) is 6.20 Å². The second kappa shape index (κ2) is 5.83. The fourth-order valence-corrected chi connectivity index (χ4v) is 2.20. The van der Waals surface area contributed by atoms with Crippen molar-refractivity contribution in [3.05, 3.63) is 24.0 Å². The number of carbonyl (C=O) groups excluding carboxylic acids is 1. The van der Waals surface area contributed by atoms with Crippen LogP contribution in [0, 0.1) is 0 Å². The smallest absolute Gasteiger partial charge is 0.407 e. The van der Waals surface area contributed by atoms with Crippen molar-refractivity contribution in [3.8, 4) is 0 Å². The molecule has 1 aliphatic rings. The number of hydrogen-bond donors (Lipinski definition) is 2. The molecule has 2 heterocycles. The Labute approximate surface area is 116 Å². The second-order valence-electron chi connectivity index (χ2n) is 4.33. The van der Waals surface area contributed by atoms with Crippen molar-refractivity contribution >= 4 is 29.0 Å². The van der Waals surface area contributed by atoms with Crippen molar-refractivity contribution in [3.63, 3.8) is 0 Å². The minimum atomic E-state index is -0.398. The summed E-state index contributed by atoms with van der Waals surface area (Å²) in [5, 5.41) is 2.80. The van der Waals surface area contributed by atoms with Gasteiger partial charge in [-0.25, -0.2) is 4.79 Å². The highest BCUT2D eigenvalue weighted by atomic mass is 32.1. The Bertz CT molecular complexity index is 494. The van der Waals surface area contributed by atoms with Crippen molar-refractivity contribution in [1.29, 1.82) is 0 Å². The molecule has 0 bridgehead atoms. The number of anilines is 1. The maximum absolute atomic E-state index is 11.2. The van der Waals surface area contributed by atoms with Crippen LogP contribution >= 0.6 is 12.2 Å². The summed E-state index contributed by atoms with van der Waals surface area (Å²) in [6.45, 7) is 1.59. The third-order valence-corrected chi connectivity index (χ3v) is 3.27. The first kappa shape index (κ1) is 13.5. The highest BCUT2D eigenvalue weighted by Gasteiger charge is 2.24. The quantitative estimate of drug-likeness (QED) is 0.791. The standard InChI is InChI=1S/C12H16N4O2S/c1-18-12(17)15-8-3-5-16(7-8)9-2-4-14-10(6-9)11(13)19/h2,4,6,8H,3,5,7H2,1H3,(H2,13,19)(H,15,17). The van der Waals surface area contributed by atoms with Gasteiger partial charge >= 0.3 is 6.09 Å². The van der Waals surface area contributed by atoms with Gasteiger partial charge in [0.2, 0.25) is 0 Å². The topological polar surface area (TPSA) is 80.5 Å². The molecule has 1 atom stereocenters. The van der Waals surface area contributed by atoms with Crippen molar-refractivity contribution < 1.29 is 9.53 Å². The largest absolute Gasteiger partial charge is 0.453 e. The Morgan fingerprint density at radius 3 is 3.16 bits per heavy atom. The van der Waals surface area contributed by atoms with Crippen LogP contribution in [0.3, 0.4) is 0 Å². The number of rotatable bonds is 3. The highest BCUT2D eigenvalue weighted by Crippen LogP contribution is 2.20. The maximum Gasteiger partial charge on any atom is 0.407 e. The van der Waals surface area contributed by atoms with Crippen molar-refractivity contribution in [2.75, 3.05) is 25.1 Å². The van der Waals surface area contributed by atoms with Crippen LogP contribution in [0.5, 0.6) is 0 Å². The van der Waals surface area contributed by atoms with Gasteiger partial charge in [-0.15, -0.1) is 0 Å². The van der Waals surface area contributed by atoms with Crippen LogP contribution in [-0.4, -0.2) is 42.3 Å². The number of methoxy groups -OCH3 is 1. The summed E-state index contributed by atoms with van der Waals surface area (Å²) in [6, 6.07) is 3.86. The van der Waals surface area contributed by atoms with E-state index >= 15 is 0 Å². The van der Waals surface area contributed by atoms with E-state index in [1.165, 1.54) is 7.11 Å². The monoisotopic (exact) mass is 280 g/mol. The molecule has 0 spiro atoms. The molecule has 0 aliphatic carbocycles. The number of hydrogen-bond acceptors (Lipinski definition) is 5. The summed E-state index contributed by atoms with van der Waals surface area (Å²) in [5.41, 5.74) is 7.18. The van der Waals surface area contributed by atoms with Gasteiger partial charge in [0.05, 0.1) is 18.8 Å². The van der Waals surface area contributed by atoms with Gasteiger partial charge in [0, 0.05) is 25.0 Å². The van der Waals surface area contributed by atoms with Gasteiger partial charge in [-0.1, -0.05) is 12.2 Å². The average Bonchev–Trinajstić information content (AvgIpc) is 2.87. The number of thiocarbonyl (C=S) groups is 1. The lowest BCUT2D eigenvalue weighted by atomic mass is 10.3. The van der Waals surface area contributed by atoms with E-state index in [4.69, 9.17) is 18.0 Å². The van der Waals surface area contributed by atoms with E-state index < -0.39 is 6.09 Å². The molecule has 7 heteroatoms. The molecule has 1 aromatic heterocycles. The van der Waals surface area contributed by atoms with Crippen LogP contribution in [0.15, 0.2) is 18.3 Å². The molecule has 3 N–H and O–H groups in total. The van der Waals surface area contributed by atoms with Gasteiger partial charge in [-0.05, 0) is 18.6 Å². The molecule has 0 saturated carbocycles. The summed E-state index contributed by atoms with van der Waals surface area (Å²) in [7, 11) is 1.36. The third-order valence-electron chi connectivity index (χ3n) is 3.06. The molecular formula is C12H16N4O2S. The molecule has 19 heavy (non-hydrogen) atoms. The number of amides is 1. The number of nitrogens with one attached hydrogen (secondary N) is 1. The van der Waals surface area contributed by atoms with E-state index in [-0.39, 0.29) is 11.0 Å². The van der Waals surface area contributed by atoms with E-state index in [0.29, 0.717) is 5.69 Å². The molecule has 1 saturated heterocycles. The fraction of sp³-hybridized carbons (Fsp3) is 0.417. The maximum atomic E-state index is 11.2. The normalized spacial score (nSPS) is 18.2. The molecule has 1 amide bonds. The van der Waals surface area contributed by atoms with Gasteiger partial charge in [0.25, 0.3) is 0 Å². The first-order valence-corrected chi connectivity index (χ1v) is 6.36. The minimum Gasteiger partial charge on any atom is -0.453 e. The molecule has 6 nitrogen and oxygen atoms in total. The lowest BCUT2D eigenvalue weighted by Crippen LogP contribution is -2.37. The van der Waals surface area contributed by atoms with Crippen LogP contribution in [0.2, 0.25) is 0 Å². The Morgan fingerprint density at radius 1 is 1.68 bits per heavy atom. The minimum absolute atomic E-state index is 0.0916. The van der Waals surface area contributed by atoms with Crippen molar-refractivity contribution in [2.45, 2.75) is 12.5 Å². The van der Waals surface area contributed by atoms with E-state index in [1.807, 2.05) is 12.1 Å². The molecule has 1 aliphatic heterocycles. The van der Waals surface area contributed by atoms with Crippen LogP contribution in [0.4, 0.5) is 10.5 Å². The number of carbonyl (C=O) groups is 1. The SMILES string of the molecule is COC(=O)NC1CCN(c2ccnc(C(N)=S)c2)C1. The molecular weight excluding hydrogens is 264 g/mol. The fourth-order valence-electron chi connectivity index (χ4n) is 2.09.